The van der Waals surface area contributed by atoms with Crippen molar-refractivity contribution in [3.8, 4) is 17.6 Å². The Bertz CT molecular complexity index is 1480. The van der Waals surface area contributed by atoms with E-state index in [9.17, 15) is 26.7 Å². The Morgan fingerprint density at radius 1 is 1.24 bits per heavy atom. The minimum absolute atomic E-state index is 0.0267. The summed E-state index contributed by atoms with van der Waals surface area (Å²) >= 11 is 1.12. The lowest BCUT2D eigenvalue weighted by atomic mass is 10.0. The van der Waals surface area contributed by atoms with E-state index in [-0.39, 0.29) is 40.5 Å². The third-order valence-corrected chi connectivity index (χ3v) is 8.12. The molecule has 3 aromatic rings. The predicted octanol–water partition coefficient (Wildman–Crippen LogP) is 6.21. The predicted molar refractivity (Wildman–Crippen MR) is 157 cm³/mol. The summed E-state index contributed by atoms with van der Waals surface area (Å²) in [6.45, 7) is 3.25. The molecular formula is C30H33F5N4O2S. The fraction of sp³-hybridized carbons (Fsp3) is 0.433. The number of thiophene rings is 1. The van der Waals surface area contributed by atoms with Crippen LogP contribution in [0, 0.1) is 17.7 Å². The number of alkyl halides is 4. The van der Waals surface area contributed by atoms with Crippen LogP contribution in [0.3, 0.4) is 0 Å². The Morgan fingerprint density at radius 2 is 2.02 bits per heavy atom. The number of halogens is 5. The van der Waals surface area contributed by atoms with Gasteiger partial charge in [0, 0.05) is 25.7 Å². The second kappa shape index (κ2) is 13.6. The lowest BCUT2D eigenvalue weighted by molar-refractivity contribution is -0.126. The zero-order valence-electron chi connectivity index (χ0n) is 23.6. The molecule has 4 rings (SSSR count). The molecule has 1 saturated heterocycles. The van der Waals surface area contributed by atoms with Gasteiger partial charge in [-0.15, -0.1) is 11.3 Å². The minimum atomic E-state index is -4.46. The van der Waals surface area contributed by atoms with E-state index in [2.05, 4.69) is 27.8 Å². The Labute approximate surface area is 245 Å². The van der Waals surface area contributed by atoms with Gasteiger partial charge < -0.3 is 25.6 Å². The number of nitrogens with zero attached hydrogens (tertiary/aromatic N) is 1. The molecule has 1 aliphatic rings. The zero-order chi connectivity index (χ0) is 30.4. The summed E-state index contributed by atoms with van der Waals surface area (Å²) in [6, 6.07) is 6.98. The number of amides is 1. The van der Waals surface area contributed by atoms with Crippen molar-refractivity contribution in [2.75, 3.05) is 51.0 Å². The molecule has 0 radical (unpaired) electrons. The van der Waals surface area contributed by atoms with Crippen molar-refractivity contribution in [2.24, 2.45) is 0 Å². The van der Waals surface area contributed by atoms with Crippen LogP contribution in [-0.4, -0.2) is 69.5 Å². The monoisotopic (exact) mass is 608 g/mol. The van der Waals surface area contributed by atoms with Crippen LogP contribution in [0.15, 0.2) is 30.3 Å². The molecule has 0 saturated carbocycles. The molecule has 12 heteroatoms. The summed E-state index contributed by atoms with van der Waals surface area (Å²) in [6.07, 6.45) is -5.46. The fourth-order valence-electron chi connectivity index (χ4n) is 4.81. The average Bonchev–Trinajstić information content (AvgIpc) is 3.27. The average molecular weight is 609 g/mol. The van der Waals surface area contributed by atoms with Crippen LogP contribution in [0.1, 0.15) is 40.6 Å². The second-order valence-corrected chi connectivity index (χ2v) is 11.2. The summed E-state index contributed by atoms with van der Waals surface area (Å²) in [5.74, 6) is 4.57. The fourth-order valence-corrected chi connectivity index (χ4v) is 5.98. The van der Waals surface area contributed by atoms with Crippen LogP contribution in [0.4, 0.5) is 33.3 Å². The van der Waals surface area contributed by atoms with Crippen LogP contribution in [-0.2, 0) is 6.42 Å². The lowest BCUT2D eigenvalue weighted by Gasteiger charge is -2.33. The number of anilines is 2. The molecule has 1 amide bonds. The van der Waals surface area contributed by atoms with Gasteiger partial charge in [-0.05, 0) is 43.0 Å². The number of piperidine rings is 1. The van der Waals surface area contributed by atoms with Gasteiger partial charge in [-0.1, -0.05) is 30.9 Å². The third-order valence-electron chi connectivity index (χ3n) is 6.92. The van der Waals surface area contributed by atoms with Crippen LogP contribution in [0.25, 0.3) is 10.1 Å². The van der Waals surface area contributed by atoms with Crippen molar-refractivity contribution in [3.63, 3.8) is 0 Å². The van der Waals surface area contributed by atoms with E-state index in [4.69, 9.17) is 4.74 Å². The number of hydrogen-bond donors (Lipinski definition) is 3. The van der Waals surface area contributed by atoms with Gasteiger partial charge >= 0.3 is 6.18 Å². The number of methoxy groups -OCH3 is 1. The van der Waals surface area contributed by atoms with Crippen LogP contribution >= 0.6 is 11.3 Å². The number of carbonyl (C=O) groups is 1. The third kappa shape index (κ3) is 7.63. The van der Waals surface area contributed by atoms with E-state index in [0.29, 0.717) is 41.7 Å². The SMILES string of the molecule is CCCNC(=O)c1cc(OC)c(NCC#Cc2sc3c(NC4CCN(C)CC4F)cccc3c2CC(F)(F)F)cc1F. The highest BCUT2D eigenvalue weighted by Crippen LogP contribution is 2.39. The number of likely N-dealkylation sites (tertiary alicyclic amines) is 1. The molecule has 0 aliphatic carbocycles. The van der Waals surface area contributed by atoms with E-state index in [1.165, 1.54) is 13.2 Å². The summed E-state index contributed by atoms with van der Waals surface area (Å²) in [4.78, 5) is 14.4. The summed E-state index contributed by atoms with van der Waals surface area (Å²) < 4.78 is 76.0. The normalized spacial score (nSPS) is 17.4. The maximum absolute atomic E-state index is 14.7. The first-order chi connectivity index (χ1) is 20.0. The molecule has 1 aliphatic heterocycles. The number of fused-ring (bicyclic) bond motifs is 1. The van der Waals surface area contributed by atoms with Crippen molar-refractivity contribution < 1.29 is 31.5 Å². The Kier molecular flexibility index (Phi) is 10.2. The summed E-state index contributed by atoms with van der Waals surface area (Å²) in [5, 5.41) is 9.16. The highest BCUT2D eigenvalue weighted by atomic mass is 32.1. The van der Waals surface area contributed by atoms with E-state index in [0.717, 1.165) is 17.4 Å². The number of rotatable bonds is 9. The zero-order valence-corrected chi connectivity index (χ0v) is 24.4. The molecule has 2 atom stereocenters. The first-order valence-electron chi connectivity index (χ1n) is 13.6. The van der Waals surface area contributed by atoms with E-state index >= 15 is 0 Å². The van der Waals surface area contributed by atoms with Crippen molar-refractivity contribution in [1.29, 1.82) is 0 Å². The highest BCUT2D eigenvalue weighted by molar-refractivity contribution is 7.20. The van der Waals surface area contributed by atoms with Gasteiger partial charge in [-0.25, -0.2) is 8.78 Å². The van der Waals surface area contributed by atoms with Crippen LogP contribution < -0.4 is 20.7 Å². The van der Waals surface area contributed by atoms with Gasteiger partial charge in [0.15, 0.2) is 0 Å². The largest absolute Gasteiger partial charge is 0.495 e. The smallest absolute Gasteiger partial charge is 0.393 e. The Balaban J connectivity index is 1.58. The second-order valence-electron chi connectivity index (χ2n) is 10.1. The van der Waals surface area contributed by atoms with Crippen molar-refractivity contribution in [1.82, 2.24) is 10.2 Å². The first-order valence-corrected chi connectivity index (χ1v) is 14.4. The van der Waals surface area contributed by atoms with Gasteiger partial charge in [0.25, 0.3) is 5.91 Å². The first kappa shape index (κ1) is 31.4. The number of carbonyl (C=O) groups excluding carboxylic acids is 1. The van der Waals surface area contributed by atoms with Crippen molar-refractivity contribution in [3.05, 3.63) is 52.2 Å². The Morgan fingerprint density at radius 3 is 2.71 bits per heavy atom. The number of ether oxygens (including phenoxy) is 1. The van der Waals surface area contributed by atoms with Gasteiger partial charge in [0.2, 0.25) is 0 Å². The lowest BCUT2D eigenvalue weighted by Crippen LogP contribution is -2.46. The van der Waals surface area contributed by atoms with Crippen LogP contribution in [0.5, 0.6) is 5.75 Å². The standard InChI is InChI=1S/C30H33F5N4O2S/c1-4-11-37-29(40)19-14-26(41-3)25(15-21(19)31)36-12-6-9-27-20(16-30(33,34)35)18-7-5-8-24(28(18)42-27)38-23-10-13-39(2)17-22(23)32/h5,7-8,14-15,22-23,36,38H,4,10-13,16-17H2,1-3H3,(H,37,40). The summed E-state index contributed by atoms with van der Waals surface area (Å²) in [5.41, 5.74) is 0.716. The number of hydrogen-bond acceptors (Lipinski definition) is 6. The molecular weight excluding hydrogens is 575 g/mol. The Hall–Kier alpha value is -3.56. The maximum Gasteiger partial charge on any atom is 0.393 e. The van der Waals surface area contributed by atoms with Gasteiger partial charge in [0.1, 0.15) is 17.7 Å². The van der Waals surface area contributed by atoms with E-state index in [1.54, 1.807) is 18.2 Å². The molecule has 2 aromatic carbocycles. The number of benzene rings is 2. The van der Waals surface area contributed by atoms with E-state index in [1.807, 2.05) is 18.9 Å². The van der Waals surface area contributed by atoms with Crippen molar-refractivity contribution >= 4 is 38.7 Å². The van der Waals surface area contributed by atoms with Gasteiger partial charge in [0.05, 0.1) is 52.6 Å². The molecule has 2 unspecified atom stereocenters. The van der Waals surface area contributed by atoms with Gasteiger partial charge in [-0.2, -0.15) is 13.2 Å². The molecule has 0 spiro atoms. The van der Waals surface area contributed by atoms with Crippen LogP contribution in [0.2, 0.25) is 0 Å². The molecule has 0 bridgehead atoms. The van der Waals surface area contributed by atoms with E-state index < -0.39 is 36.5 Å². The summed E-state index contributed by atoms with van der Waals surface area (Å²) in [7, 11) is 3.22. The molecule has 1 aromatic heterocycles. The quantitative estimate of drug-likeness (QED) is 0.199. The molecule has 6 nitrogen and oxygen atoms in total. The number of nitrogens with one attached hydrogen (secondary N) is 3. The van der Waals surface area contributed by atoms with Crippen molar-refractivity contribution in [2.45, 2.75) is 44.6 Å². The molecule has 42 heavy (non-hydrogen) atoms. The highest BCUT2D eigenvalue weighted by Gasteiger charge is 2.32. The minimum Gasteiger partial charge on any atom is -0.495 e. The molecule has 2 heterocycles. The van der Waals surface area contributed by atoms with Gasteiger partial charge in [-0.3, -0.25) is 4.79 Å². The topological polar surface area (TPSA) is 65.6 Å². The maximum atomic E-state index is 14.7. The molecule has 226 valence electrons. The molecule has 3 N–H and O–H groups in total. The molecule has 1 fully saturated rings.